The highest BCUT2D eigenvalue weighted by Crippen LogP contribution is 2.06. The fourth-order valence-corrected chi connectivity index (χ4v) is 6.28. The van der Waals surface area contributed by atoms with Crippen molar-refractivity contribution in [3.63, 3.8) is 0 Å². The summed E-state index contributed by atoms with van der Waals surface area (Å²) in [4.78, 5) is 0. The summed E-state index contributed by atoms with van der Waals surface area (Å²) in [5.74, 6) is 0. The summed E-state index contributed by atoms with van der Waals surface area (Å²) >= 11 is 0. The molecule has 2 heteroatoms. The predicted molar refractivity (Wildman–Crippen MR) is 65.6 cm³/mol. The second kappa shape index (κ2) is 9.52. The first-order chi connectivity index (χ1) is 5.77. The molecule has 0 fully saturated rings. The number of hydrogen-bond acceptors (Lipinski definition) is 0. The van der Waals surface area contributed by atoms with Crippen LogP contribution in [0.1, 0.15) is 45.4 Å². The first kappa shape index (κ1) is 12.4. The molecule has 0 aromatic heterocycles. The van der Waals surface area contributed by atoms with E-state index < -0.39 is 0 Å². The highest BCUT2D eigenvalue weighted by atomic mass is 29.2. The SMILES string of the molecule is CCCCCCCC[SiH2][SiH](C)C. The van der Waals surface area contributed by atoms with Crippen LogP contribution >= 0.6 is 0 Å². The molecule has 0 heterocycles. The molecule has 74 valence electrons. The molecular formula is C10H26Si2. The Morgan fingerprint density at radius 2 is 1.50 bits per heavy atom. The molecule has 0 saturated heterocycles. The van der Waals surface area contributed by atoms with E-state index >= 15 is 0 Å². The lowest BCUT2D eigenvalue weighted by molar-refractivity contribution is 0.624. The number of hydrogen-bond donors (Lipinski definition) is 0. The zero-order valence-corrected chi connectivity index (χ0v) is 11.8. The van der Waals surface area contributed by atoms with Crippen molar-refractivity contribution in [3.05, 3.63) is 0 Å². The van der Waals surface area contributed by atoms with Crippen molar-refractivity contribution in [3.8, 4) is 0 Å². The lowest BCUT2D eigenvalue weighted by atomic mass is 10.1. The van der Waals surface area contributed by atoms with Crippen molar-refractivity contribution >= 4 is 17.4 Å². The molecule has 0 aliphatic carbocycles. The van der Waals surface area contributed by atoms with E-state index in [4.69, 9.17) is 0 Å². The van der Waals surface area contributed by atoms with Crippen LogP contribution in [0.15, 0.2) is 0 Å². The highest BCUT2D eigenvalue weighted by Gasteiger charge is 1.95. The van der Waals surface area contributed by atoms with E-state index in [2.05, 4.69) is 20.0 Å². The molecule has 0 unspecified atom stereocenters. The minimum Gasteiger partial charge on any atom is -0.0745 e. The Morgan fingerprint density at radius 1 is 0.917 bits per heavy atom. The maximum Gasteiger partial charge on any atom is 0.0180 e. The molecule has 0 saturated carbocycles. The van der Waals surface area contributed by atoms with Crippen LogP contribution in [0, 0.1) is 0 Å². The van der Waals surface area contributed by atoms with Crippen molar-refractivity contribution in [2.24, 2.45) is 0 Å². The first-order valence-corrected chi connectivity index (χ1v) is 12.3. The van der Waals surface area contributed by atoms with E-state index in [1.54, 1.807) is 12.5 Å². The van der Waals surface area contributed by atoms with Crippen LogP contribution in [-0.2, 0) is 0 Å². The molecule has 0 aromatic rings. The monoisotopic (exact) mass is 202 g/mol. The summed E-state index contributed by atoms with van der Waals surface area (Å²) in [5, 5.41) is 0. The summed E-state index contributed by atoms with van der Waals surface area (Å²) in [5.41, 5.74) is 0. The van der Waals surface area contributed by atoms with Crippen molar-refractivity contribution in [2.45, 2.75) is 64.6 Å². The maximum absolute atomic E-state index is 2.52. The molecule has 0 bridgehead atoms. The Balaban J connectivity index is 2.82. The molecule has 0 spiro atoms. The van der Waals surface area contributed by atoms with Crippen molar-refractivity contribution < 1.29 is 0 Å². The Morgan fingerprint density at radius 3 is 2.08 bits per heavy atom. The minimum atomic E-state index is -0.0965. The lowest BCUT2D eigenvalue weighted by Crippen LogP contribution is -2.11. The van der Waals surface area contributed by atoms with Crippen LogP contribution in [0.3, 0.4) is 0 Å². The molecule has 0 aromatic carbocycles. The third-order valence-electron chi connectivity index (χ3n) is 2.39. The average molecular weight is 202 g/mol. The number of rotatable bonds is 8. The van der Waals surface area contributed by atoms with Crippen LogP contribution < -0.4 is 0 Å². The van der Waals surface area contributed by atoms with Gasteiger partial charge in [-0.2, -0.15) is 0 Å². The van der Waals surface area contributed by atoms with Gasteiger partial charge in [0.2, 0.25) is 0 Å². The van der Waals surface area contributed by atoms with E-state index in [9.17, 15) is 0 Å². The fourth-order valence-electron chi connectivity index (χ4n) is 1.51. The van der Waals surface area contributed by atoms with E-state index in [0.29, 0.717) is 9.04 Å². The van der Waals surface area contributed by atoms with Gasteiger partial charge in [0.05, 0.1) is 0 Å². The molecule has 0 aliphatic rings. The Hall–Kier alpha value is 0.434. The summed E-state index contributed by atoms with van der Waals surface area (Å²) in [7, 11) is 0.349. The Kier molecular flexibility index (Phi) is 9.87. The Labute approximate surface area is 82.4 Å². The van der Waals surface area contributed by atoms with E-state index in [0.717, 1.165) is 0 Å². The fraction of sp³-hybridized carbons (Fsp3) is 1.00. The molecule has 0 rings (SSSR count). The van der Waals surface area contributed by atoms with Gasteiger partial charge in [0.15, 0.2) is 0 Å². The zero-order valence-electron chi connectivity index (χ0n) is 9.23. The Bertz CT molecular complexity index is 81.9. The van der Waals surface area contributed by atoms with Gasteiger partial charge < -0.3 is 0 Å². The predicted octanol–water partition coefficient (Wildman–Crippen LogP) is 2.92. The summed E-state index contributed by atoms with van der Waals surface area (Å²) in [6, 6.07) is 1.65. The second-order valence-corrected chi connectivity index (χ2v) is 15.0. The van der Waals surface area contributed by atoms with Crippen molar-refractivity contribution in [1.29, 1.82) is 0 Å². The molecule has 0 nitrogen and oxygen atoms in total. The van der Waals surface area contributed by atoms with Gasteiger partial charge in [0, 0.05) is 17.4 Å². The average Bonchev–Trinajstić information content (AvgIpc) is 2.02. The van der Waals surface area contributed by atoms with E-state index in [1.807, 2.05) is 0 Å². The van der Waals surface area contributed by atoms with Gasteiger partial charge >= 0.3 is 0 Å². The largest absolute Gasteiger partial charge is 0.0745 e. The molecule has 12 heavy (non-hydrogen) atoms. The van der Waals surface area contributed by atoms with Crippen LogP contribution in [0.4, 0.5) is 0 Å². The van der Waals surface area contributed by atoms with Gasteiger partial charge in [0.1, 0.15) is 0 Å². The van der Waals surface area contributed by atoms with E-state index in [1.165, 1.54) is 32.1 Å². The standard InChI is InChI=1S/C10H26Si2/c1-4-5-6-7-8-9-10-11-12(2)3/h12H,4-11H2,1-3H3. The number of unbranched alkanes of at least 4 members (excludes halogenated alkanes) is 5. The lowest BCUT2D eigenvalue weighted by Gasteiger charge is -2.01. The molecule has 0 radical (unpaired) electrons. The smallest absolute Gasteiger partial charge is 0.0180 e. The minimum absolute atomic E-state index is 0.0965. The van der Waals surface area contributed by atoms with Gasteiger partial charge in [0.25, 0.3) is 0 Å². The zero-order chi connectivity index (χ0) is 9.23. The molecule has 0 amide bonds. The van der Waals surface area contributed by atoms with Crippen LogP contribution in [0.2, 0.25) is 19.1 Å². The van der Waals surface area contributed by atoms with Gasteiger partial charge in [-0.05, 0) is 0 Å². The van der Waals surface area contributed by atoms with Gasteiger partial charge in [-0.15, -0.1) is 0 Å². The summed E-state index contributed by atoms with van der Waals surface area (Å²) < 4.78 is 0. The third kappa shape index (κ3) is 10.4. The first-order valence-electron chi connectivity index (χ1n) is 5.77. The molecular weight excluding hydrogens is 176 g/mol. The van der Waals surface area contributed by atoms with Gasteiger partial charge in [-0.25, -0.2) is 0 Å². The third-order valence-corrected chi connectivity index (χ3v) is 9.14. The second-order valence-electron chi connectivity index (χ2n) is 4.30. The maximum atomic E-state index is 2.52. The summed E-state index contributed by atoms with van der Waals surface area (Å²) in [6.07, 6.45) is 8.90. The van der Waals surface area contributed by atoms with Crippen LogP contribution in [0.25, 0.3) is 0 Å². The van der Waals surface area contributed by atoms with Gasteiger partial charge in [-0.3, -0.25) is 0 Å². The quantitative estimate of drug-likeness (QED) is 0.419. The highest BCUT2D eigenvalue weighted by molar-refractivity contribution is 7.11. The molecule has 0 atom stereocenters. The molecule has 0 aliphatic heterocycles. The summed E-state index contributed by atoms with van der Waals surface area (Å²) in [6.45, 7) is 7.32. The topological polar surface area (TPSA) is 0 Å². The van der Waals surface area contributed by atoms with Crippen LogP contribution in [-0.4, -0.2) is 17.4 Å². The molecule has 0 N–H and O–H groups in total. The normalized spacial score (nSPS) is 12.0. The van der Waals surface area contributed by atoms with Crippen molar-refractivity contribution in [2.75, 3.05) is 0 Å². The van der Waals surface area contributed by atoms with E-state index in [-0.39, 0.29) is 8.31 Å². The van der Waals surface area contributed by atoms with Crippen molar-refractivity contribution in [1.82, 2.24) is 0 Å². The van der Waals surface area contributed by atoms with Gasteiger partial charge in [-0.1, -0.05) is 64.6 Å². The van der Waals surface area contributed by atoms with Crippen LogP contribution in [0.5, 0.6) is 0 Å².